The van der Waals surface area contributed by atoms with Gasteiger partial charge in [-0.3, -0.25) is 0 Å². The molecular formula is C47H68O6Si2. The van der Waals surface area contributed by atoms with Gasteiger partial charge in [-0.25, -0.2) is 4.79 Å². The van der Waals surface area contributed by atoms with Crippen LogP contribution in [0.5, 0.6) is 0 Å². The topological polar surface area (TPSA) is 63.2 Å². The van der Waals surface area contributed by atoms with Gasteiger partial charge >= 0.3 is 5.97 Å². The van der Waals surface area contributed by atoms with Gasteiger partial charge in [0.05, 0.1) is 18.8 Å². The third-order valence-corrected chi connectivity index (χ3v) is 22.3. The van der Waals surface area contributed by atoms with Crippen molar-refractivity contribution in [3.63, 3.8) is 0 Å². The molecule has 2 aromatic carbocycles. The van der Waals surface area contributed by atoms with Gasteiger partial charge in [-0.05, 0) is 58.9 Å². The minimum absolute atomic E-state index is 0.0766. The van der Waals surface area contributed by atoms with E-state index in [1.54, 1.807) is 0 Å². The Morgan fingerprint density at radius 3 is 1.93 bits per heavy atom. The van der Waals surface area contributed by atoms with Gasteiger partial charge in [-0.1, -0.05) is 172 Å². The molecule has 0 spiro atoms. The predicted molar refractivity (Wildman–Crippen MR) is 233 cm³/mol. The van der Waals surface area contributed by atoms with Crippen LogP contribution in [0, 0.1) is 0 Å². The van der Waals surface area contributed by atoms with Crippen molar-refractivity contribution >= 4 is 33.0 Å². The van der Waals surface area contributed by atoms with Crippen LogP contribution in [0.3, 0.4) is 0 Å². The number of carbonyl (C=O) groups excluding carboxylic acids is 1. The average Bonchev–Trinajstić information content (AvgIpc) is 3.35. The molecule has 1 unspecified atom stereocenters. The van der Waals surface area contributed by atoms with Gasteiger partial charge in [0.15, 0.2) is 5.79 Å². The van der Waals surface area contributed by atoms with Crippen molar-refractivity contribution in [2.45, 2.75) is 147 Å². The molecule has 2 aliphatic rings. The lowest BCUT2D eigenvalue weighted by atomic mass is 9.93. The highest BCUT2D eigenvalue weighted by Gasteiger charge is 2.52. The Labute approximate surface area is 335 Å². The van der Waals surface area contributed by atoms with Crippen molar-refractivity contribution in [3.8, 4) is 0 Å². The van der Waals surface area contributed by atoms with E-state index in [9.17, 15) is 4.79 Å². The minimum atomic E-state index is -2.60. The molecule has 0 amide bonds. The zero-order chi connectivity index (χ0) is 40.5. The SMILES string of the molecule is CC(C)[Si](O[C@H](/C=C/C=C\C=C\CO[Si](c1ccccc1)(c1ccccc1)C(C)(C)C)C[C@H]1OC(C)(C)O[C@]1(C)/C=C/C1CC=CC(=O)O1)(C(C)C)C(C)C. The molecule has 300 valence electrons. The predicted octanol–water partition coefficient (Wildman–Crippen LogP) is 10.5. The highest BCUT2D eigenvalue weighted by molar-refractivity contribution is 6.99. The van der Waals surface area contributed by atoms with Crippen LogP contribution in [0.1, 0.15) is 95.9 Å². The quantitative estimate of drug-likeness (QED) is 0.0689. The number of hydrogen-bond acceptors (Lipinski definition) is 6. The number of hydrogen-bond donors (Lipinski definition) is 0. The summed E-state index contributed by atoms with van der Waals surface area (Å²) < 4.78 is 33.1. The van der Waals surface area contributed by atoms with Crippen LogP contribution in [0.15, 0.2) is 121 Å². The molecule has 4 rings (SSSR count). The maximum absolute atomic E-state index is 11.9. The molecule has 0 aromatic heterocycles. The number of ether oxygens (including phenoxy) is 3. The van der Waals surface area contributed by atoms with Gasteiger partial charge in [-0.2, -0.15) is 0 Å². The van der Waals surface area contributed by atoms with Crippen LogP contribution in [0.4, 0.5) is 0 Å². The van der Waals surface area contributed by atoms with Crippen molar-refractivity contribution in [3.05, 3.63) is 121 Å². The van der Waals surface area contributed by atoms with E-state index >= 15 is 0 Å². The molecule has 0 aliphatic carbocycles. The Morgan fingerprint density at radius 1 is 0.836 bits per heavy atom. The molecule has 4 atom stereocenters. The van der Waals surface area contributed by atoms with Crippen LogP contribution in [0.25, 0.3) is 0 Å². The normalized spacial score (nSPS) is 23.1. The van der Waals surface area contributed by atoms with E-state index in [2.05, 4.69) is 166 Å². The summed E-state index contributed by atoms with van der Waals surface area (Å²) in [6.07, 6.45) is 20.3. The van der Waals surface area contributed by atoms with E-state index in [1.165, 1.54) is 16.4 Å². The molecule has 2 aromatic rings. The molecule has 0 radical (unpaired) electrons. The first-order valence-electron chi connectivity index (χ1n) is 20.2. The molecule has 1 saturated heterocycles. The average molecular weight is 785 g/mol. The summed E-state index contributed by atoms with van der Waals surface area (Å²) in [7, 11) is -4.86. The monoisotopic (exact) mass is 784 g/mol. The summed E-state index contributed by atoms with van der Waals surface area (Å²) >= 11 is 0. The Kier molecular flexibility index (Phi) is 15.3. The number of carbonyl (C=O) groups is 1. The summed E-state index contributed by atoms with van der Waals surface area (Å²) in [6.45, 7) is 27.3. The highest BCUT2D eigenvalue weighted by atomic mass is 28.4. The van der Waals surface area contributed by atoms with E-state index in [1.807, 2.05) is 32.1 Å². The zero-order valence-corrected chi connectivity index (χ0v) is 37.6. The van der Waals surface area contributed by atoms with Crippen molar-refractivity contribution in [2.75, 3.05) is 6.61 Å². The molecule has 1 fully saturated rings. The van der Waals surface area contributed by atoms with Gasteiger partial charge in [0.25, 0.3) is 8.32 Å². The van der Waals surface area contributed by atoms with Crippen LogP contribution >= 0.6 is 0 Å². The number of allylic oxidation sites excluding steroid dienone is 4. The molecule has 6 nitrogen and oxygen atoms in total. The first kappa shape index (κ1) is 44.6. The standard InChI is InChI=1S/C47H68O6Si2/c1-36(2)54(37(3)4,38(5)6)52-40(35-43-47(12,53-46(10,11)51-43)33-32-39-26-24-31-44(48)50-39)25-18-14-13-15-23-34-49-55(45(7,8)9,41-27-19-16-20-28-41)42-29-21-17-22-30-42/h13-25,27-33,36-40,43H,26,34-35H2,1-12H3/b14-13-,23-15+,25-18+,33-32+/t39?,40-,43-,47-/m1/s1. The van der Waals surface area contributed by atoms with Gasteiger partial charge in [0, 0.05) is 18.9 Å². The van der Waals surface area contributed by atoms with Gasteiger partial charge < -0.3 is 23.1 Å². The van der Waals surface area contributed by atoms with E-state index in [0.29, 0.717) is 36.1 Å². The number of esters is 1. The third-order valence-electron chi connectivity index (χ3n) is 11.2. The largest absolute Gasteiger partial charge is 0.455 e. The molecule has 2 heterocycles. The van der Waals surface area contributed by atoms with E-state index in [4.69, 9.17) is 23.1 Å². The van der Waals surface area contributed by atoms with E-state index in [0.717, 1.165) is 0 Å². The fourth-order valence-corrected chi connectivity index (χ4v) is 18.9. The lowest BCUT2D eigenvalue weighted by Gasteiger charge is -2.44. The fourth-order valence-electron chi connectivity index (χ4n) is 8.89. The minimum Gasteiger partial charge on any atom is -0.455 e. The Balaban J connectivity index is 1.56. The lowest BCUT2D eigenvalue weighted by Crippen LogP contribution is -2.66. The Bertz CT molecular complexity index is 1610. The summed E-state index contributed by atoms with van der Waals surface area (Å²) in [5.41, 5.74) is 0.535. The molecule has 0 bridgehead atoms. The van der Waals surface area contributed by atoms with Crippen LogP contribution in [-0.4, -0.2) is 58.9 Å². The molecular weight excluding hydrogens is 717 g/mol. The summed E-state index contributed by atoms with van der Waals surface area (Å²) in [5, 5.41) is 2.47. The Hall–Kier alpha value is -3.12. The summed E-state index contributed by atoms with van der Waals surface area (Å²) in [6, 6.07) is 21.5. The van der Waals surface area contributed by atoms with Crippen molar-refractivity contribution in [1.82, 2.24) is 0 Å². The molecule has 0 saturated carbocycles. The smallest absolute Gasteiger partial charge is 0.331 e. The van der Waals surface area contributed by atoms with Crippen molar-refractivity contribution < 1.29 is 27.9 Å². The fraction of sp³-hybridized carbons (Fsp3) is 0.511. The Morgan fingerprint density at radius 2 is 1.40 bits per heavy atom. The van der Waals surface area contributed by atoms with E-state index < -0.39 is 28.0 Å². The zero-order valence-electron chi connectivity index (χ0n) is 35.6. The van der Waals surface area contributed by atoms with Gasteiger partial charge in [-0.15, -0.1) is 0 Å². The second-order valence-corrected chi connectivity index (χ2v) is 27.4. The first-order valence-corrected chi connectivity index (χ1v) is 24.3. The summed E-state index contributed by atoms with van der Waals surface area (Å²) in [5.74, 6) is -1.11. The van der Waals surface area contributed by atoms with Gasteiger partial charge in [0.2, 0.25) is 8.32 Å². The highest BCUT2D eigenvalue weighted by Crippen LogP contribution is 2.45. The maximum atomic E-state index is 11.9. The van der Waals surface area contributed by atoms with Crippen LogP contribution < -0.4 is 10.4 Å². The molecule has 0 N–H and O–H groups in total. The van der Waals surface area contributed by atoms with Crippen molar-refractivity contribution in [1.29, 1.82) is 0 Å². The maximum Gasteiger partial charge on any atom is 0.331 e. The van der Waals surface area contributed by atoms with Gasteiger partial charge in [0.1, 0.15) is 11.7 Å². The molecule has 2 aliphatic heterocycles. The summed E-state index contributed by atoms with van der Waals surface area (Å²) in [4.78, 5) is 11.9. The van der Waals surface area contributed by atoms with E-state index in [-0.39, 0.29) is 29.3 Å². The molecule has 55 heavy (non-hydrogen) atoms. The first-order chi connectivity index (χ1) is 25.9. The van der Waals surface area contributed by atoms with Crippen LogP contribution in [-0.2, 0) is 27.9 Å². The number of cyclic esters (lactones) is 1. The second kappa shape index (κ2) is 18.9. The van der Waals surface area contributed by atoms with Crippen LogP contribution in [0.2, 0.25) is 21.7 Å². The third kappa shape index (κ3) is 10.8. The lowest BCUT2D eigenvalue weighted by molar-refractivity contribution is -0.154. The number of rotatable bonds is 17. The number of benzene rings is 2. The van der Waals surface area contributed by atoms with Crippen molar-refractivity contribution in [2.24, 2.45) is 0 Å². The second-order valence-electron chi connectivity index (χ2n) is 17.6. The molecule has 8 heteroatoms.